The largest absolute Gasteiger partial charge is 0.381 e. The molecule has 66 valence electrons. The molecule has 0 aliphatic carbocycles. The van der Waals surface area contributed by atoms with Crippen LogP contribution < -0.4 is 10.9 Å². The van der Waals surface area contributed by atoms with Crippen LogP contribution in [0.1, 0.15) is 18.7 Å². The third kappa shape index (κ3) is 1.62. The van der Waals surface area contributed by atoms with Crippen LogP contribution in [0.3, 0.4) is 0 Å². The summed E-state index contributed by atoms with van der Waals surface area (Å²) in [4.78, 5) is 21.6. The maximum Gasteiger partial charge on any atom is 0.280 e. The molecular formula is C7H10N2O3. The quantitative estimate of drug-likeness (QED) is 0.659. The molecule has 1 aromatic rings. The summed E-state index contributed by atoms with van der Waals surface area (Å²) >= 11 is 0. The van der Waals surface area contributed by atoms with E-state index in [0.29, 0.717) is 5.76 Å². The van der Waals surface area contributed by atoms with Crippen molar-refractivity contribution in [3.8, 4) is 0 Å². The van der Waals surface area contributed by atoms with Crippen molar-refractivity contribution in [3.63, 3.8) is 0 Å². The van der Waals surface area contributed by atoms with Gasteiger partial charge in [0.25, 0.3) is 5.56 Å². The Balaban J connectivity index is 2.94. The molecule has 1 aromatic heterocycles. The van der Waals surface area contributed by atoms with Gasteiger partial charge in [-0.05, 0) is 14.0 Å². The van der Waals surface area contributed by atoms with E-state index in [9.17, 15) is 9.59 Å². The van der Waals surface area contributed by atoms with E-state index < -0.39 is 6.04 Å². The zero-order valence-corrected chi connectivity index (χ0v) is 6.88. The molecule has 0 unspecified atom stereocenters. The van der Waals surface area contributed by atoms with Gasteiger partial charge in [-0.1, -0.05) is 0 Å². The van der Waals surface area contributed by atoms with Gasteiger partial charge in [0.05, 0.1) is 0 Å². The Kier molecular flexibility index (Phi) is 2.44. The van der Waals surface area contributed by atoms with Crippen molar-refractivity contribution in [2.24, 2.45) is 0 Å². The summed E-state index contributed by atoms with van der Waals surface area (Å²) in [6, 6.07) is 0.715. The second-order valence-electron chi connectivity index (χ2n) is 2.45. The summed E-state index contributed by atoms with van der Waals surface area (Å²) < 4.78 is 4.76. The molecule has 0 amide bonds. The average Bonchev–Trinajstić information content (AvgIpc) is 2.37. The lowest BCUT2D eigenvalue weighted by Crippen LogP contribution is -2.22. The molecular weight excluding hydrogens is 160 g/mol. The van der Waals surface area contributed by atoms with Crippen molar-refractivity contribution in [2.45, 2.75) is 13.0 Å². The fraction of sp³-hybridized carbons (Fsp3) is 0.429. The molecule has 0 fully saturated rings. The number of nitrogens with one attached hydrogen (secondary N) is 2. The van der Waals surface area contributed by atoms with Gasteiger partial charge < -0.3 is 9.84 Å². The molecule has 0 aliphatic heterocycles. The number of hydrogen-bond acceptors (Lipinski definition) is 4. The van der Waals surface area contributed by atoms with E-state index in [4.69, 9.17) is 4.52 Å². The van der Waals surface area contributed by atoms with Gasteiger partial charge in [-0.3, -0.25) is 9.59 Å². The van der Waals surface area contributed by atoms with Crippen molar-refractivity contribution in [1.82, 2.24) is 10.5 Å². The molecule has 0 aliphatic rings. The second kappa shape index (κ2) is 3.36. The molecule has 1 rings (SSSR count). The standard InChI is InChI=1S/C7H10N2O3/c1-4(10)7(8-2)5-3-6(11)9-12-5/h3,7-8H,1-2H3,(H,9,11)/t7-/m1/s1. The van der Waals surface area contributed by atoms with E-state index >= 15 is 0 Å². The number of likely N-dealkylation sites (N-methyl/N-ethyl adjacent to an activating group) is 1. The van der Waals surface area contributed by atoms with Gasteiger partial charge in [0.15, 0.2) is 11.5 Å². The molecule has 1 heterocycles. The van der Waals surface area contributed by atoms with Crippen LogP contribution in [0.15, 0.2) is 15.4 Å². The number of aromatic nitrogens is 1. The molecule has 0 saturated carbocycles. The molecule has 0 saturated heterocycles. The lowest BCUT2D eigenvalue weighted by Gasteiger charge is -2.06. The summed E-state index contributed by atoms with van der Waals surface area (Å²) in [5.74, 6) is 0.218. The van der Waals surface area contributed by atoms with Crippen molar-refractivity contribution in [2.75, 3.05) is 7.05 Å². The van der Waals surface area contributed by atoms with Crippen LogP contribution in [0.2, 0.25) is 0 Å². The van der Waals surface area contributed by atoms with Crippen LogP contribution in [0, 0.1) is 0 Å². The van der Waals surface area contributed by atoms with Crippen molar-refractivity contribution in [3.05, 3.63) is 22.2 Å². The Morgan fingerprint density at radius 2 is 2.42 bits per heavy atom. The molecule has 2 N–H and O–H groups in total. The summed E-state index contributed by atoms with van der Waals surface area (Å²) in [7, 11) is 1.62. The van der Waals surface area contributed by atoms with Gasteiger partial charge in [-0.15, -0.1) is 0 Å². The molecule has 5 heteroatoms. The predicted molar refractivity (Wildman–Crippen MR) is 41.8 cm³/mol. The first kappa shape index (κ1) is 8.73. The summed E-state index contributed by atoms with van der Waals surface area (Å²) in [6.07, 6.45) is 0. The Hall–Kier alpha value is -1.36. The van der Waals surface area contributed by atoms with Gasteiger partial charge in [-0.2, -0.15) is 5.16 Å². The minimum absolute atomic E-state index is 0.0970. The predicted octanol–water partition coefficient (Wildman–Crippen LogP) is -0.183. The highest BCUT2D eigenvalue weighted by molar-refractivity contribution is 5.82. The Bertz CT molecular complexity index is 325. The van der Waals surface area contributed by atoms with Crippen LogP contribution in [0.5, 0.6) is 0 Å². The van der Waals surface area contributed by atoms with E-state index in [2.05, 4.69) is 10.5 Å². The van der Waals surface area contributed by atoms with Gasteiger partial charge in [-0.25, -0.2) is 0 Å². The summed E-state index contributed by atoms with van der Waals surface area (Å²) in [5, 5.41) is 4.84. The molecule has 5 nitrogen and oxygen atoms in total. The molecule has 0 spiro atoms. The van der Waals surface area contributed by atoms with Crippen LogP contribution in [-0.4, -0.2) is 18.0 Å². The van der Waals surface area contributed by atoms with Gasteiger partial charge in [0.1, 0.15) is 6.04 Å². The van der Waals surface area contributed by atoms with Crippen LogP contribution >= 0.6 is 0 Å². The van der Waals surface area contributed by atoms with E-state index in [0.717, 1.165) is 0 Å². The van der Waals surface area contributed by atoms with Crippen LogP contribution in [0.4, 0.5) is 0 Å². The van der Waals surface area contributed by atoms with Crippen LogP contribution in [-0.2, 0) is 4.79 Å². The lowest BCUT2D eigenvalue weighted by atomic mass is 10.1. The molecule has 12 heavy (non-hydrogen) atoms. The fourth-order valence-electron chi connectivity index (χ4n) is 0.985. The van der Waals surface area contributed by atoms with Gasteiger partial charge in [0, 0.05) is 6.07 Å². The normalized spacial score (nSPS) is 12.8. The fourth-order valence-corrected chi connectivity index (χ4v) is 0.985. The first-order valence-electron chi connectivity index (χ1n) is 3.51. The van der Waals surface area contributed by atoms with E-state index in [1.807, 2.05) is 0 Å². The Labute approximate surface area is 68.7 Å². The maximum absolute atomic E-state index is 10.9. The number of H-pyrrole nitrogens is 1. The Morgan fingerprint density at radius 1 is 1.75 bits per heavy atom. The van der Waals surface area contributed by atoms with Crippen LogP contribution in [0.25, 0.3) is 0 Å². The zero-order valence-electron chi connectivity index (χ0n) is 6.88. The van der Waals surface area contributed by atoms with Crippen molar-refractivity contribution in [1.29, 1.82) is 0 Å². The van der Waals surface area contributed by atoms with E-state index in [-0.39, 0.29) is 11.3 Å². The SMILES string of the molecule is CN[C@H](C(C)=O)c1cc(=O)[nH]o1. The zero-order chi connectivity index (χ0) is 9.14. The van der Waals surface area contributed by atoms with E-state index in [1.54, 1.807) is 7.05 Å². The third-order valence-electron chi connectivity index (χ3n) is 1.52. The monoisotopic (exact) mass is 170 g/mol. The summed E-state index contributed by atoms with van der Waals surface area (Å²) in [6.45, 7) is 1.42. The average molecular weight is 170 g/mol. The number of carbonyl (C=O) groups is 1. The number of aromatic amines is 1. The number of Topliss-reactive ketones (excluding diaryl/α,β-unsaturated/α-hetero) is 1. The molecule has 0 radical (unpaired) electrons. The molecule has 0 bridgehead atoms. The lowest BCUT2D eigenvalue weighted by molar-refractivity contribution is -0.119. The first-order chi connectivity index (χ1) is 5.65. The topological polar surface area (TPSA) is 75.1 Å². The van der Waals surface area contributed by atoms with Crippen molar-refractivity contribution >= 4 is 5.78 Å². The third-order valence-corrected chi connectivity index (χ3v) is 1.52. The minimum Gasteiger partial charge on any atom is -0.381 e. The number of carbonyl (C=O) groups excluding carboxylic acids is 1. The van der Waals surface area contributed by atoms with Gasteiger partial charge in [0.2, 0.25) is 0 Å². The highest BCUT2D eigenvalue weighted by Crippen LogP contribution is 2.09. The molecule has 1 atom stereocenters. The van der Waals surface area contributed by atoms with Gasteiger partial charge >= 0.3 is 0 Å². The maximum atomic E-state index is 10.9. The number of ketones is 1. The highest BCUT2D eigenvalue weighted by atomic mass is 16.5. The van der Waals surface area contributed by atoms with Crippen molar-refractivity contribution < 1.29 is 9.32 Å². The smallest absolute Gasteiger partial charge is 0.280 e. The highest BCUT2D eigenvalue weighted by Gasteiger charge is 2.18. The molecule has 0 aromatic carbocycles. The Morgan fingerprint density at radius 3 is 2.75 bits per heavy atom. The van der Waals surface area contributed by atoms with E-state index in [1.165, 1.54) is 13.0 Å². The number of hydrogen-bond donors (Lipinski definition) is 2. The second-order valence-corrected chi connectivity index (χ2v) is 2.45. The first-order valence-corrected chi connectivity index (χ1v) is 3.51. The summed E-state index contributed by atoms with van der Waals surface area (Å²) in [5.41, 5.74) is -0.341. The number of rotatable bonds is 3. The minimum atomic E-state index is -0.538.